The highest BCUT2D eigenvalue weighted by Crippen LogP contribution is 2.21. The quantitative estimate of drug-likeness (QED) is 0.747. The summed E-state index contributed by atoms with van der Waals surface area (Å²) in [4.78, 5) is 34.6. The van der Waals surface area contributed by atoms with Crippen LogP contribution in [0.25, 0.3) is 10.9 Å². The van der Waals surface area contributed by atoms with Gasteiger partial charge in [0.1, 0.15) is 0 Å². The summed E-state index contributed by atoms with van der Waals surface area (Å²) in [5.74, 6) is 0.123. The lowest BCUT2D eigenvalue weighted by Crippen LogP contribution is -2.39. The first-order valence-electron chi connectivity index (χ1n) is 8.77. The minimum absolute atomic E-state index is 0.190. The van der Waals surface area contributed by atoms with Gasteiger partial charge >= 0.3 is 6.03 Å². The number of carbonyl (C=O) groups excluding carboxylic acids is 2. The van der Waals surface area contributed by atoms with Crippen LogP contribution in [0, 0.1) is 0 Å². The van der Waals surface area contributed by atoms with Crippen LogP contribution in [0.3, 0.4) is 0 Å². The predicted octanol–water partition coefficient (Wildman–Crippen LogP) is 3.19. The minimum Gasteiger partial charge on any atom is -0.335 e. The lowest BCUT2D eigenvalue weighted by atomic mass is 10.2. The molecule has 0 saturated heterocycles. The predicted molar refractivity (Wildman–Crippen MR) is 104 cm³/mol. The maximum absolute atomic E-state index is 12.3. The average Bonchev–Trinajstić information content (AvgIpc) is 3.51. The minimum atomic E-state index is -0.217. The molecule has 1 aliphatic rings. The highest BCUT2D eigenvalue weighted by Gasteiger charge is 2.25. The summed E-state index contributed by atoms with van der Waals surface area (Å²) in [6.45, 7) is 0. The molecule has 4 rings (SSSR count). The molecule has 0 bridgehead atoms. The lowest BCUT2D eigenvalue weighted by Gasteiger charge is -2.16. The first kappa shape index (κ1) is 17.0. The third kappa shape index (κ3) is 3.87. The molecular formula is C20H19N5O2. The van der Waals surface area contributed by atoms with Crippen molar-refractivity contribution in [1.82, 2.24) is 15.3 Å². The van der Waals surface area contributed by atoms with Gasteiger partial charge in [-0.2, -0.15) is 0 Å². The zero-order chi connectivity index (χ0) is 18.8. The number of fused-ring (bicyclic) bond motifs is 1. The van der Waals surface area contributed by atoms with Crippen LogP contribution in [-0.2, 0) is 0 Å². The van der Waals surface area contributed by atoms with Crippen molar-refractivity contribution in [3.63, 3.8) is 0 Å². The van der Waals surface area contributed by atoms with Crippen molar-refractivity contribution < 1.29 is 9.59 Å². The number of hydrogen-bond acceptors (Lipinski definition) is 4. The molecule has 0 unspecified atom stereocenters. The molecule has 2 N–H and O–H groups in total. The fraction of sp³-hybridized carbons (Fsp3) is 0.200. The number of carbonyl (C=O) groups is 2. The molecule has 1 fully saturated rings. The van der Waals surface area contributed by atoms with E-state index >= 15 is 0 Å². The Labute approximate surface area is 156 Å². The van der Waals surface area contributed by atoms with Crippen LogP contribution in [0.4, 0.5) is 16.4 Å². The molecule has 0 spiro atoms. The molecule has 0 radical (unpaired) electrons. The molecule has 0 aliphatic heterocycles. The van der Waals surface area contributed by atoms with Crippen molar-refractivity contribution in [3.8, 4) is 0 Å². The molecule has 7 heteroatoms. The maximum atomic E-state index is 12.3. The number of amides is 3. The van der Waals surface area contributed by atoms with Gasteiger partial charge in [0.15, 0.2) is 0 Å². The Balaban J connectivity index is 1.55. The SMILES string of the molecule is CN(C(=O)NC1CC1)c1ncc2ccc(NC(=O)c3ccccc3)cc2n1. The van der Waals surface area contributed by atoms with E-state index in [1.165, 1.54) is 4.90 Å². The van der Waals surface area contributed by atoms with Crippen LogP contribution in [0.1, 0.15) is 23.2 Å². The van der Waals surface area contributed by atoms with Gasteiger partial charge < -0.3 is 10.6 Å². The van der Waals surface area contributed by atoms with E-state index in [-0.39, 0.29) is 18.0 Å². The van der Waals surface area contributed by atoms with Gasteiger partial charge in [-0.1, -0.05) is 18.2 Å². The van der Waals surface area contributed by atoms with Gasteiger partial charge in [0.05, 0.1) is 5.52 Å². The summed E-state index contributed by atoms with van der Waals surface area (Å²) < 4.78 is 0. The molecule has 1 aromatic heterocycles. The topological polar surface area (TPSA) is 87.2 Å². The van der Waals surface area contributed by atoms with Gasteiger partial charge in [0.2, 0.25) is 5.95 Å². The summed E-state index contributed by atoms with van der Waals surface area (Å²) in [7, 11) is 1.64. The second-order valence-corrected chi connectivity index (χ2v) is 6.55. The number of nitrogens with zero attached hydrogens (tertiary/aromatic N) is 3. The molecule has 2 aromatic carbocycles. The first-order valence-corrected chi connectivity index (χ1v) is 8.77. The van der Waals surface area contributed by atoms with Crippen LogP contribution >= 0.6 is 0 Å². The number of urea groups is 1. The monoisotopic (exact) mass is 361 g/mol. The van der Waals surface area contributed by atoms with E-state index in [2.05, 4.69) is 20.6 Å². The van der Waals surface area contributed by atoms with E-state index in [0.717, 1.165) is 18.2 Å². The molecule has 0 atom stereocenters. The van der Waals surface area contributed by atoms with Gasteiger partial charge in [0, 0.05) is 35.9 Å². The molecule has 136 valence electrons. The first-order chi connectivity index (χ1) is 13.1. The third-order valence-corrected chi connectivity index (χ3v) is 4.37. The van der Waals surface area contributed by atoms with E-state index in [4.69, 9.17) is 0 Å². The molecule has 1 aliphatic carbocycles. The molecule has 1 heterocycles. The number of rotatable bonds is 4. The van der Waals surface area contributed by atoms with E-state index < -0.39 is 0 Å². The molecule has 7 nitrogen and oxygen atoms in total. The lowest BCUT2D eigenvalue weighted by molar-refractivity contribution is 0.102. The van der Waals surface area contributed by atoms with Crippen molar-refractivity contribution in [1.29, 1.82) is 0 Å². The normalized spacial score (nSPS) is 13.2. The zero-order valence-electron chi connectivity index (χ0n) is 14.8. The fourth-order valence-corrected chi connectivity index (χ4v) is 2.64. The van der Waals surface area contributed by atoms with Gasteiger partial charge in [-0.3, -0.25) is 9.69 Å². The summed E-state index contributed by atoms with van der Waals surface area (Å²) in [5, 5.41) is 6.60. The number of nitrogens with one attached hydrogen (secondary N) is 2. The molecular weight excluding hydrogens is 342 g/mol. The van der Waals surface area contributed by atoms with Crippen LogP contribution in [-0.4, -0.2) is 35.0 Å². The maximum Gasteiger partial charge on any atom is 0.324 e. The Morgan fingerprint density at radius 1 is 1.11 bits per heavy atom. The zero-order valence-corrected chi connectivity index (χ0v) is 14.8. The van der Waals surface area contributed by atoms with Crippen molar-refractivity contribution in [3.05, 3.63) is 60.3 Å². The third-order valence-electron chi connectivity index (χ3n) is 4.37. The highest BCUT2D eigenvalue weighted by atomic mass is 16.2. The summed E-state index contributed by atoms with van der Waals surface area (Å²) in [6, 6.07) is 14.5. The number of aromatic nitrogens is 2. The molecule has 3 amide bonds. The van der Waals surface area contributed by atoms with Crippen molar-refractivity contribution in [2.75, 3.05) is 17.3 Å². The Hall–Kier alpha value is -3.48. The fourth-order valence-electron chi connectivity index (χ4n) is 2.64. The van der Waals surface area contributed by atoms with Gasteiger partial charge in [-0.05, 0) is 43.2 Å². The second-order valence-electron chi connectivity index (χ2n) is 6.55. The molecule has 3 aromatic rings. The summed E-state index contributed by atoms with van der Waals surface area (Å²) in [6.07, 6.45) is 3.70. The molecule has 27 heavy (non-hydrogen) atoms. The van der Waals surface area contributed by atoms with Crippen LogP contribution in [0.2, 0.25) is 0 Å². The number of anilines is 2. The van der Waals surface area contributed by atoms with E-state index in [9.17, 15) is 9.59 Å². The van der Waals surface area contributed by atoms with E-state index in [1.807, 2.05) is 24.3 Å². The van der Waals surface area contributed by atoms with Gasteiger partial charge in [0.25, 0.3) is 5.91 Å². The van der Waals surface area contributed by atoms with Crippen LogP contribution in [0.15, 0.2) is 54.7 Å². The summed E-state index contributed by atoms with van der Waals surface area (Å²) in [5.41, 5.74) is 1.86. The van der Waals surface area contributed by atoms with Crippen LogP contribution in [0.5, 0.6) is 0 Å². The Bertz CT molecular complexity index is 1000. The Morgan fingerprint density at radius 2 is 1.89 bits per heavy atom. The van der Waals surface area contributed by atoms with Gasteiger partial charge in [-0.25, -0.2) is 14.8 Å². The van der Waals surface area contributed by atoms with Crippen molar-refractivity contribution in [2.24, 2.45) is 0 Å². The van der Waals surface area contributed by atoms with Gasteiger partial charge in [-0.15, -0.1) is 0 Å². The largest absolute Gasteiger partial charge is 0.335 e. The number of hydrogen-bond donors (Lipinski definition) is 2. The Kier molecular flexibility index (Phi) is 4.42. The standard InChI is InChI=1S/C20H19N5O2/c1-25(20(27)23-15-9-10-15)19-21-12-14-7-8-16(11-17(14)24-19)22-18(26)13-5-3-2-4-6-13/h2-8,11-12,15H,9-10H2,1H3,(H,22,26)(H,23,27). The Morgan fingerprint density at radius 3 is 2.63 bits per heavy atom. The molecule has 1 saturated carbocycles. The highest BCUT2D eigenvalue weighted by molar-refractivity contribution is 6.05. The van der Waals surface area contributed by atoms with Crippen molar-refractivity contribution in [2.45, 2.75) is 18.9 Å². The van der Waals surface area contributed by atoms with Crippen molar-refractivity contribution >= 4 is 34.5 Å². The number of benzene rings is 2. The second kappa shape index (κ2) is 7.03. The average molecular weight is 361 g/mol. The summed E-state index contributed by atoms with van der Waals surface area (Å²) >= 11 is 0. The van der Waals surface area contributed by atoms with E-state index in [1.54, 1.807) is 37.5 Å². The van der Waals surface area contributed by atoms with Crippen LogP contribution < -0.4 is 15.5 Å². The smallest absolute Gasteiger partial charge is 0.324 e. The van der Waals surface area contributed by atoms with E-state index in [0.29, 0.717) is 22.7 Å².